The SMILES string of the molecule is FC(F)Cn1cc(-c2nc(N[C@@H]3CCC[C@H](n4cnc5ccncc54)C3)ncc2C(F)(F)F)cn1. The van der Waals surface area contributed by atoms with E-state index in [1.807, 2.05) is 6.07 Å². The van der Waals surface area contributed by atoms with Crippen molar-refractivity contribution in [1.29, 1.82) is 0 Å². The van der Waals surface area contributed by atoms with Crippen LogP contribution in [0.25, 0.3) is 22.3 Å². The Morgan fingerprint density at radius 1 is 1.11 bits per heavy atom. The van der Waals surface area contributed by atoms with Crippen LogP contribution < -0.4 is 5.32 Å². The van der Waals surface area contributed by atoms with E-state index >= 15 is 0 Å². The second-order valence-electron chi connectivity index (χ2n) is 8.47. The molecule has 1 N–H and O–H groups in total. The summed E-state index contributed by atoms with van der Waals surface area (Å²) in [5, 5.41) is 6.90. The number of aromatic nitrogens is 7. The Kier molecular flexibility index (Phi) is 6.07. The summed E-state index contributed by atoms with van der Waals surface area (Å²) in [6.45, 7) is -0.723. The van der Waals surface area contributed by atoms with Gasteiger partial charge in [0, 0.05) is 36.2 Å². The summed E-state index contributed by atoms with van der Waals surface area (Å²) in [6, 6.07) is 1.90. The minimum Gasteiger partial charge on any atom is -0.351 e. The van der Waals surface area contributed by atoms with E-state index in [-0.39, 0.29) is 23.6 Å². The van der Waals surface area contributed by atoms with Crippen LogP contribution in [-0.4, -0.2) is 46.8 Å². The average molecular weight is 492 g/mol. The molecule has 1 aliphatic carbocycles. The van der Waals surface area contributed by atoms with Gasteiger partial charge in [-0.15, -0.1) is 0 Å². The molecule has 1 fully saturated rings. The molecule has 8 nitrogen and oxygen atoms in total. The minimum atomic E-state index is -4.72. The second kappa shape index (κ2) is 9.19. The van der Waals surface area contributed by atoms with Gasteiger partial charge in [0.05, 0.1) is 35.4 Å². The van der Waals surface area contributed by atoms with Gasteiger partial charge in [0.15, 0.2) is 0 Å². The highest BCUT2D eigenvalue weighted by atomic mass is 19.4. The van der Waals surface area contributed by atoms with Gasteiger partial charge >= 0.3 is 6.18 Å². The Balaban J connectivity index is 1.39. The molecule has 0 aliphatic heterocycles. The van der Waals surface area contributed by atoms with Crippen LogP contribution >= 0.6 is 0 Å². The van der Waals surface area contributed by atoms with Crippen LogP contribution in [0.2, 0.25) is 0 Å². The van der Waals surface area contributed by atoms with Crippen LogP contribution in [0, 0.1) is 0 Å². The van der Waals surface area contributed by atoms with Crippen molar-refractivity contribution in [3.63, 3.8) is 0 Å². The van der Waals surface area contributed by atoms with Gasteiger partial charge in [-0.25, -0.2) is 23.7 Å². The van der Waals surface area contributed by atoms with E-state index in [4.69, 9.17) is 0 Å². The molecular weight excluding hydrogens is 471 g/mol. The largest absolute Gasteiger partial charge is 0.419 e. The first-order valence-electron chi connectivity index (χ1n) is 11.1. The molecule has 0 spiro atoms. The fourth-order valence-corrected chi connectivity index (χ4v) is 4.50. The summed E-state index contributed by atoms with van der Waals surface area (Å²) in [4.78, 5) is 16.6. The number of pyridine rings is 1. The number of hydrogen-bond acceptors (Lipinski definition) is 6. The van der Waals surface area contributed by atoms with Gasteiger partial charge in [-0.1, -0.05) is 0 Å². The Bertz CT molecular complexity index is 1310. The monoisotopic (exact) mass is 492 g/mol. The average Bonchev–Trinajstić information content (AvgIpc) is 3.45. The van der Waals surface area contributed by atoms with Crippen molar-refractivity contribution >= 4 is 17.0 Å². The molecule has 4 heterocycles. The topological polar surface area (TPSA) is 86.3 Å². The summed E-state index contributed by atoms with van der Waals surface area (Å²) < 4.78 is 69.1. The molecule has 4 aromatic heterocycles. The highest BCUT2D eigenvalue weighted by Crippen LogP contribution is 2.37. The second-order valence-corrected chi connectivity index (χ2v) is 8.47. The van der Waals surface area contributed by atoms with Gasteiger partial charge in [-0.05, 0) is 31.7 Å². The Morgan fingerprint density at radius 3 is 2.77 bits per heavy atom. The van der Waals surface area contributed by atoms with Crippen molar-refractivity contribution in [1.82, 2.24) is 34.3 Å². The number of nitrogens with zero attached hydrogens (tertiary/aromatic N) is 7. The minimum absolute atomic E-state index is 0.0117. The zero-order chi connectivity index (χ0) is 24.6. The van der Waals surface area contributed by atoms with Crippen molar-refractivity contribution in [2.75, 3.05) is 5.32 Å². The van der Waals surface area contributed by atoms with Crippen LogP contribution in [0.4, 0.5) is 27.9 Å². The highest BCUT2D eigenvalue weighted by molar-refractivity contribution is 5.73. The van der Waals surface area contributed by atoms with Crippen molar-refractivity contribution < 1.29 is 22.0 Å². The van der Waals surface area contributed by atoms with Crippen LogP contribution in [0.15, 0.2) is 43.4 Å². The number of fused-ring (bicyclic) bond motifs is 1. The van der Waals surface area contributed by atoms with Crippen LogP contribution in [0.3, 0.4) is 0 Å². The zero-order valence-electron chi connectivity index (χ0n) is 18.3. The van der Waals surface area contributed by atoms with Crippen molar-refractivity contribution in [3.8, 4) is 11.3 Å². The lowest BCUT2D eigenvalue weighted by atomic mass is 9.91. The molecule has 1 aliphatic rings. The summed E-state index contributed by atoms with van der Waals surface area (Å²) in [5.41, 5.74) is 0.292. The van der Waals surface area contributed by atoms with Gasteiger partial charge in [0.2, 0.25) is 5.95 Å². The van der Waals surface area contributed by atoms with Crippen molar-refractivity contribution in [2.24, 2.45) is 0 Å². The predicted molar refractivity (Wildman–Crippen MR) is 117 cm³/mol. The molecule has 0 bridgehead atoms. The third-order valence-electron chi connectivity index (χ3n) is 6.08. The van der Waals surface area contributed by atoms with Gasteiger partial charge < -0.3 is 9.88 Å². The number of anilines is 1. The summed E-state index contributed by atoms with van der Waals surface area (Å²) in [5.74, 6) is 0.0393. The third kappa shape index (κ3) is 4.93. The zero-order valence-corrected chi connectivity index (χ0v) is 18.3. The number of nitrogens with one attached hydrogen (secondary N) is 1. The predicted octanol–water partition coefficient (Wildman–Crippen LogP) is 4.96. The molecule has 184 valence electrons. The molecular formula is C22H21F5N8. The lowest BCUT2D eigenvalue weighted by Gasteiger charge is -2.31. The van der Waals surface area contributed by atoms with Gasteiger partial charge in [0.25, 0.3) is 6.43 Å². The van der Waals surface area contributed by atoms with E-state index in [0.717, 1.165) is 47.4 Å². The summed E-state index contributed by atoms with van der Waals surface area (Å²) >= 11 is 0. The molecule has 0 amide bonds. The van der Waals surface area contributed by atoms with E-state index in [1.54, 1.807) is 18.7 Å². The normalized spacial score (nSPS) is 18.9. The maximum Gasteiger partial charge on any atom is 0.419 e. The molecule has 2 atom stereocenters. The number of halogens is 5. The van der Waals surface area contributed by atoms with Crippen LogP contribution in [0.5, 0.6) is 0 Å². The standard InChI is InChI=1S/C22H21F5N8/c23-19(24)11-34-10-13(7-31-34)20-16(22(25,26)27)8-29-21(33-20)32-14-2-1-3-15(6-14)35-12-30-17-4-5-28-9-18(17)35/h4-5,7-10,12,14-15,19H,1-3,6,11H2,(H,29,32,33)/t14-,15+/m1/s1. The van der Waals surface area contributed by atoms with E-state index in [9.17, 15) is 22.0 Å². The molecule has 35 heavy (non-hydrogen) atoms. The molecule has 0 radical (unpaired) electrons. The Morgan fingerprint density at radius 2 is 1.97 bits per heavy atom. The number of rotatable bonds is 6. The first-order chi connectivity index (χ1) is 16.8. The first kappa shape index (κ1) is 23.1. The fraction of sp³-hybridized carbons (Fsp3) is 0.409. The summed E-state index contributed by atoms with van der Waals surface area (Å²) in [6.07, 6.45) is 4.09. The number of hydrogen-bond donors (Lipinski definition) is 1. The van der Waals surface area contributed by atoms with Gasteiger partial charge in [-0.3, -0.25) is 9.67 Å². The molecule has 13 heteroatoms. The lowest BCUT2D eigenvalue weighted by molar-refractivity contribution is -0.137. The molecule has 4 aromatic rings. The maximum atomic E-state index is 13.6. The Labute approximate surface area is 196 Å². The first-order valence-corrected chi connectivity index (χ1v) is 11.1. The third-order valence-corrected chi connectivity index (χ3v) is 6.08. The van der Waals surface area contributed by atoms with E-state index in [0.29, 0.717) is 12.6 Å². The molecule has 5 rings (SSSR count). The molecule has 1 saturated carbocycles. The molecule has 0 saturated heterocycles. The van der Waals surface area contributed by atoms with E-state index in [1.165, 1.54) is 0 Å². The summed E-state index contributed by atoms with van der Waals surface area (Å²) in [7, 11) is 0. The number of imidazole rings is 1. The smallest absolute Gasteiger partial charge is 0.351 e. The van der Waals surface area contributed by atoms with Crippen molar-refractivity contribution in [3.05, 3.63) is 48.9 Å². The molecule has 0 aromatic carbocycles. The lowest BCUT2D eigenvalue weighted by Crippen LogP contribution is -2.29. The quantitative estimate of drug-likeness (QED) is 0.383. The van der Waals surface area contributed by atoms with E-state index < -0.39 is 30.4 Å². The number of alkyl halides is 5. The van der Waals surface area contributed by atoms with Gasteiger partial charge in [0.1, 0.15) is 12.1 Å². The van der Waals surface area contributed by atoms with Crippen LogP contribution in [0.1, 0.15) is 37.3 Å². The van der Waals surface area contributed by atoms with E-state index in [2.05, 4.69) is 34.9 Å². The van der Waals surface area contributed by atoms with Crippen LogP contribution in [-0.2, 0) is 12.7 Å². The fourth-order valence-electron chi connectivity index (χ4n) is 4.50. The Hall–Kier alpha value is -3.64. The highest BCUT2D eigenvalue weighted by Gasteiger charge is 2.36. The van der Waals surface area contributed by atoms with Gasteiger partial charge in [-0.2, -0.15) is 18.3 Å². The van der Waals surface area contributed by atoms with Crippen molar-refractivity contribution in [2.45, 2.75) is 56.9 Å². The molecule has 0 unspecified atom stereocenters. The maximum absolute atomic E-state index is 13.6.